The molecule has 254 valence electrons. The third-order valence-corrected chi connectivity index (χ3v) is 8.12. The van der Waals surface area contributed by atoms with Crippen LogP contribution in [-0.2, 0) is 17.6 Å². The molecule has 0 unspecified atom stereocenters. The van der Waals surface area contributed by atoms with Crippen LogP contribution in [0.1, 0.15) is 72.0 Å². The number of aromatic amines is 1. The Balaban J connectivity index is 1.19. The fraction of sp³-hybridized carbons (Fsp3) is 0.375. The first-order chi connectivity index (χ1) is 23.2. The number of nitrogens with one attached hydrogen (secondary N) is 2. The Kier molecular flexibility index (Phi) is 13.1. The van der Waals surface area contributed by atoms with E-state index in [0.29, 0.717) is 31.8 Å². The summed E-state index contributed by atoms with van der Waals surface area (Å²) in [5.74, 6) is -0.395. The molecule has 2 amide bonds. The number of tetrazole rings is 1. The van der Waals surface area contributed by atoms with E-state index in [0.717, 1.165) is 55.2 Å². The minimum absolute atomic E-state index is 0.0281. The zero-order valence-electron chi connectivity index (χ0n) is 26.9. The Morgan fingerprint density at radius 2 is 1.60 bits per heavy atom. The van der Waals surface area contributed by atoms with Gasteiger partial charge in [-0.15, -0.1) is 10.2 Å². The van der Waals surface area contributed by atoms with Crippen LogP contribution in [-0.4, -0.2) is 73.4 Å². The second-order valence-electron chi connectivity index (χ2n) is 11.3. The van der Waals surface area contributed by atoms with Crippen molar-refractivity contribution in [1.29, 1.82) is 0 Å². The lowest BCUT2D eigenvalue weighted by atomic mass is 9.99. The number of carbonyl (C=O) groups is 2. The summed E-state index contributed by atoms with van der Waals surface area (Å²) in [5, 5.41) is 16.7. The molecule has 0 fully saturated rings. The first-order valence-electron chi connectivity index (χ1n) is 15.7. The highest BCUT2D eigenvalue weighted by molar-refractivity contribution is 6.31. The Hall–Kier alpha value is -5.15. The van der Waals surface area contributed by atoms with Crippen molar-refractivity contribution in [2.45, 2.75) is 57.4 Å². The predicted molar refractivity (Wildman–Crippen MR) is 186 cm³/mol. The molecule has 4 aromatic rings. The fourth-order valence-corrected chi connectivity index (χ4v) is 5.21. The van der Waals surface area contributed by atoms with Gasteiger partial charge in [-0.2, -0.15) is 5.21 Å². The van der Waals surface area contributed by atoms with E-state index in [-0.39, 0.29) is 40.4 Å². The standard InChI is InChI=1S/C32H42ClN13O2/c1-46(24(7-2-4-18-34)30-42-44-45-43-30)25(47)17-12-21-10-15-23(16-11-21)22-13-8-20(9-14-22)6-3-5-19-38-32(37)41-31(48)26-28(35)40-29(36)27(33)39-26/h8-11,13-16,24H,2-7,12,17-19,34H2,1H3,(H4,35,36,40)(H3,37,38,41,48)(H,42,43,44,45)/t24-/m0/s1. The van der Waals surface area contributed by atoms with Crippen LogP contribution in [0.5, 0.6) is 0 Å². The number of nitrogen functional groups attached to an aromatic ring is 2. The van der Waals surface area contributed by atoms with Gasteiger partial charge in [-0.25, -0.2) is 9.97 Å². The lowest BCUT2D eigenvalue weighted by Crippen LogP contribution is -2.38. The van der Waals surface area contributed by atoms with Crippen LogP contribution in [0.2, 0.25) is 5.15 Å². The number of unbranched alkanes of at least 4 members (excludes halogenated alkanes) is 2. The number of benzene rings is 2. The van der Waals surface area contributed by atoms with Crippen molar-refractivity contribution in [3.63, 3.8) is 0 Å². The number of aryl methyl sites for hydroxylation is 2. The van der Waals surface area contributed by atoms with Gasteiger partial charge in [-0.3, -0.25) is 19.9 Å². The van der Waals surface area contributed by atoms with E-state index in [1.807, 2.05) is 0 Å². The van der Waals surface area contributed by atoms with Gasteiger partial charge in [-0.05, 0) is 73.7 Å². The molecule has 4 rings (SSSR count). The highest BCUT2D eigenvalue weighted by Crippen LogP contribution is 2.24. The normalized spacial score (nSPS) is 12.1. The number of carbonyl (C=O) groups excluding carboxylic acids is 2. The molecule has 0 saturated carbocycles. The van der Waals surface area contributed by atoms with Gasteiger partial charge in [-0.1, -0.05) is 65.3 Å². The molecular formula is C32H42ClN13O2. The van der Waals surface area contributed by atoms with Gasteiger partial charge in [0.25, 0.3) is 5.91 Å². The zero-order valence-corrected chi connectivity index (χ0v) is 27.7. The Bertz CT molecular complexity index is 1660. The van der Waals surface area contributed by atoms with Gasteiger partial charge >= 0.3 is 0 Å². The van der Waals surface area contributed by atoms with E-state index in [1.54, 1.807) is 11.9 Å². The second kappa shape index (κ2) is 17.7. The van der Waals surface area contributed by atoms with Crippen LogP contribution < -0.4 is 28.3 Å². The molecule has 0 radical (unpaired) electrons. The molecule has 48 heavy (non-hydrogen) atoms. The number of nitrogens with two attached hydrogens (primary N) is 4. The summed E-state index contributed by atoms with van der Waals surface area (Å²) in [5.41, 5.74) is 27.1. The van der Waals surface area contributed by atoms with E-state index in [2.05, 4.69) is 89.4 Å². The Labute approximate surface area is 283 Å². The van der Waals surface area contributed by atoms with E-state index in [9.17, 15) is 9.59 Å². The first-order valence-corrected chi connectivity index (χ1v) is 16.1. The second-order valence-corrected chi connectivity index (χ2v) is 11.6. The van der Waals surface area contributed by atoms with Crippen molar-refractivity contribution < 1.29 is 9.59 Å². The topological polar surface area (TPSA) is 246 Å². The van der Waals surface area contributed by atoms with Crippen molar-refractivity contribution in [3.05, 3.63) is 76.3 Å². The number of amides is 2. The molecule has 0 aliphatic heterocycles. The molecule has 0 aliphatic rings. The predicted octanol–water partition coefficient (Wildman–Crippen LogP) is 2.80. The molecule has 2 heterocycles. The maximum Gasteiger partial charge on any atom is 0.280 e. The lowest BCUT2D eigenvalue weighted by Gasteiger charge is -2.26. The van der Waals surface area contributed by atoms with Gasteiger partial charge < -0.3 is 27.8 Å². The smallest absolute Gasteiger partial charge is 0.280 e. The van der Waals surface area contributed by atoms with Crippen molar-refractivity contribution in [2.75, 3.05) is 31.6 Å². The molecule has 1 atom stereocenters. The van der Waals surface area contributed by atoms with Crippen LogP contribution in [0, 0.1) is 0 Å². The number of hydrogen-bond acceptors (Lipinski definition) is 11. The van der Waals surface area contributed by atoms with Crippen molar-refractivity contribution in [2.24, 2.45) is 16.5 Å². The van der Waals surface area contributed by atoms with Gasteiger partial charge in [0, 0.05) is 20.0 Å². The summed E-state index contributed by atoms with van der Waals surface area (Å²) in [7, 11) is 1.79. The van der Waals surface area contributed by atoms with Crippen LogP contribution >= 0.6 is 11.6 Å². The van der Waals surface area contributed by atoms with Crippen molar-refractivity contribution in [1.82, 2.24) is 40.8 Å². The fourth-order valence-electron chi connectivity index (χ4n) is 5.08. The quantitative estimate of drug-likeness (QED) is 0.0572. The summed E-state index contributed by atoms with van der Waals surface area (Å²) in [6.45, 7) is 1.04. The number of aromatic nitrogens is 6. The number of aliphatic imine (C=N–C) groups is 1. The third kappa shape index (κ3) is 10.2. The van der Waals surface area contributed by atoms with Gasteiger partial charge in [0.2, 0.25) is 5.91 Å². The van der Waals surface area contributed by atoms with E-state index >= 15 is 0 Å². The number of halogens is 1. The minimum atomic E-state index is -0.669. The maximum atomic E-state index is 13.0. The SMILES string of the molecule is CN(C(=O)CCc1ccc(-c2ccc(CCCCN=C(N)NC(=O)c3nc(Cl)c(N)nc3N)cc2)cc1)[C@@H](CCCCN)c1nn[nH]n1. The highest BCUT2D eigenvalue weighted by Gasteiger charge is 2.24. The van der Waals surface area contributed by atoms with Crippen LogP contribution in [0.15, 0.2) is 53.5 Å². The molecule has 2 aromatic heterocycles. The summed E-state index contributed by atoms with van der Waals surface area (Å²) in [6.07, 6.45) is 6.03. The first kappa shape index (κ1) is 35.7. The molecular weight excluding hydrogens is 634 g/mol. The molecule has 16 heteroatoms. The van der Waals surface area contributed by atoms with Gasteiger partial charge in [0.05, 0.1) is 6.04 Å². The monoisotopic (exact) mass is 675 g/mol. The summed E-state index contributed by atoms with van der Waals surface area (Å²) in [6, 6.07) is 16.5. The highest BCUT2D eigenvalue weighted by atomic mass is 35.5. The largest absolute Gasteiger partial charge is 0.382 e. The molecule has 0 spiro atoms. The number of nitrogens with zero attached hydrogens (tertiary/aromatic N) is 7. The summed E-state index contributed by atoms with van der Waals surface area (Å²) >= 11 is 5.83. The number of anilines is 2. The average Bonchev–Trinajstić information content (AvgIpc) is 3.62. The molecule has 0 saturated heterocycles. The molecule has 2 aromatic carbocycles. The van der Waals surface area contributed by atoms with E-state index in [1.165, 1.54) is 5.56 Å². The number of H-pyrrole nitrogens is 1. The number of hydrogen-bond donors (Lipinski definition) is 6. The van der Waals surface area contributed by atoms with Crippen LogP contribution in [0.3, 0.4) is 0 Å². The third-order valence-electron chi connectivity index (χ3n) is 7.84. The summed E-state index contributed by atoms with van der Waals surface area (Å²) < 4.78 is 0. The number of guanidine groups is 1. The van der Waals surface area contributed by atoms with Crippen LogP contribution in [0.4, 0.5) is 11.6 Å². The molecule has 15 nitrogen and oxygen atoms in total. The minimum Gasteiger partial charge on any atom is -0.382 e. The van der Waals surface area contributed by atoms with E-state index < -0.39 is 5.91 Å². The zero-order chi connectivity index (χ0) is 34.5. The summed E-state index contributed by atoms with van der Waals surface area (Å²) in [4.78, 5) is 38.9. The lowest BCUT2D eigenvalue weighted by molar-refractivity contribution is -0.132. The molecule has 10 N–H and O–H groups in total. The molecule has 0 bridgehead atoms. The van der Waals surface area contributed by atoms with Crippen molar-refractivity contribution >= 4 is 41.0 Å². The van der Waals surface area contributed by atoms with Gasteiger partial charge in [0.15, 0.2) is 34.3 Å². The number of rotatable bonds is 16. The Morgan fingerprint density at radius 3 is 2.23 bits per heavy atom. The molecule has 0 aliphatic carbocycles. The maximum absolute atomic E-state index is 13.0. The Morgan fingerprint density at radius 1 is 0.938 bits per heavy atom. The average molecular weight is 676 g/mol. The van der Waals surface area contributed by atoms with Crippen LogP contribution in [0.25, 0.3) is 11.1 Å². The van der Waals surface area contributed by atoms with Crippen molar-refractivity contribution in [3.8, 4) is 11.1 Å². The van der Waals surface area contributed by atoms with E-state index in [4.69, 9.17) is 34.5 Å². The van der Waals surface area contributed by atoms with Gasteiger partial charge in [0.1, 0.15) is 0 Å².